The van der Waals surface area contributed by atoms with Gasteiger partial charge in [-0.3, -0.25) is 9.59 Å². The summed E-state index contributed by atoms with van der Waals surface area (Å²) in [5.41, 5.74) is 6.27. The molecule has 0 aliphatic carbocycles. The van der Waals surface area contributed by atoms with Crippen molar-refractivity contribution in [3.8, 4) is 0 Å². The molecule has 3 aromatic rings. The third-order valence-electron chi connectivity index (χ3n) is 7.09. The van der Waals surface area contributed by atoms with E-state index in [0.717, 1.165) is 32.7 Å². The summed E-state index contributed by atoms with van der Waals surface area (Å²) >= 11 is 0. The highest BCUT2D eigenvalue weighted by atomic mass is 32.2. The van der Waals surface area contributed by atoms with Gasteiger partial charge < -0.3 is 0 Å². The summed E-state index contributed by atoms with van der Waals surface area (Å²) < 4.78 is 29.9. The van der Waals surface area contributed by atoms with Gasteiger partial charge in [0.1, 0.15) is 6.04 Å². The summed E-state index contributed by atoms with van der Waals surface area (Å²) in [6.07, 6.45) is -0.208. The number of hydrogen-bond acceptors (Lipinski definition) is 4. The number of imide groups is 1. The second-order valence-electron chi connectivity index (χ2n) is 9.75. The highest BCUT2D eigenvalue weighted by molar-refractivity contribution is 7.89. The Morgan fingerprint density at radius 2 is 1.31 bits per heavy atom. The predicted molar refractivity (Wildman–Crippen MR) is 141 cm³/mol. The molecule has 0 bridgehead atoms. The fraction of sp³-hybridized carbons (Fsp3) is 0.310. The number of sulfonamides is 1. The van der Waals surface area contributed by atoms with Crippen molar-refractivity contribution in [2.24, 2.45) is 0 Å². The van der Waals surface area contributed by atoms with Gasteiger partial charge in [0.05, 0.1) is 17.0 Å². The van der Waals surface area contributed by atoms with Crippen LogP contribution in [0.5, 0.6) is 0 Å². The lowest BCUT2D eigenvalue weighted by atomic mass is 10.0. The molecule has 0 spiro atoms. The molecule has 1 heterocycles. The summed E-state index contributed by atoms with van der Waals surface area (Å²) in [6.45, 7) is 11.2. The Bertz CT molecular complexity index is 1420. The van der Waals surface area contributed by atoms with Crippen LogP contribution in [0.1, 0.15) is 45.4 Å². The number of anilines is 1. The van der Waals surface area contributed by atoms with E-state index >= 15 is 0 Å². The maximum absolute atomic E-state index is 14.3. The van der Waals surface area contributed by atoms with Gasteiger partial charge in [0, 0.05) is 6.54 Å². The second kappa shape index (κ2) is 9.64. The molecule has 1 aliphatic rings. The topological polar surface area (TPSA) is 74.8 Å². The molecule has 188 valence electrons. The molecule has 4 rings (SSSR count). The van der Waals surface area contributed by atoms with Gasteiger partial charge >= 0.3 is 0 Å². The number of carbonyl (C=O) groups excluding carboxylic acids is 2. The van der Waals surface area contributed by atoms with Crippen molar-refractivity contribution in [3.05, 3.63) is 93.5 Å². The van der Waals surface area contributed by atoms with Crippen LogP contribution >= 0.6 is 0 Å². The van der Waals surface area contributed by atoms with E-state index < -0.39 is 27.9 Å². The number of benzene rings is 3. The van der Waals surface area contributed by atoms with Gasteiger partial charge in [-0.25, -0.2) is 13.3 Å². The van der Waals surface area contributed by atoms with Crippen LogP contribution < -0.4 is 4.90 Å². The summed E-state index contributed by atoms with van der Waals surface area (Å²) in [5, 5.41) is 0. The van der Waals surface area contributed by atoms with E-state index in [0.29, 0.717) is 16.8 Å². The molecule has 1 unspecified atom stereocenters. The molecule has 0 N–H and O–H groups in total. The van der Waals surface area contributed by atoms with Crippen LogP contribution in [-0.2, 0) is 26.2 Å². The first-order chi connectivity index (χ1) is 16.9. The van der Waals surface area contributed by atoms with Crippen molar-refractivity contribution < 1.29 is 18.0 Å². The molecule has 0 saturated carbocycles. The van der Waals surface area contributed by atoms with Crippen molar-refractivity contribution in [3.63, 3.8) is 0 Å². The maximum Gasteiger partial charge on any atom is 0.252 e. The minimum Gasteiger partial charge on any atom is -0.274 e. The van der Waals surface area contributed by atoms with Gasteiger partial charge in [-0.1, -0.05) is 53.6 Å². The Labute approximate surface area is 213 Å². The van der Waals surface area contributed by atoms with E-state index in [1.807, 2.05) is 70.2 Å². The van der Waals surface area contributed by atoms with Crippen molar-refractivity contribution in [2.75, 3.05) is 4.90 Å². The van der Waals surface area contributed by atoms with E-state index in [-0.39, 0.29) is 17.9 Å². The molecule has 7 heteroatoms. The van der Waals surface area contributed by atoms with Gasteiger partial charge in [0.2, 0.25) is 15.9 Å². The normalized spacial score (nSPS) is 16.3. The van der Waals surface area contributed by atoms with E-state index in [9.17, 15) is 18.0 Å². The van der Waals surface area contributed by atoms with Crippen LogP contribution in [-0.4, -0.2) is 30.6 Å². The number of hydrogen-bond donors (Lipinski definition) is 0. The molecule has 1 aliphatic heterocycles. The van der Waals surface area contributed by atoms with Gasteiger partial charge in [-0.05, 0) is 81.5 Å². The average molecular weight is 505 g/mol. The zero-order valence-corrected chi connectivity index (χ0v) is 22.4. The first kappa shape index (κ1) is 25.8. The Morgan fingerprint density at radius 1 is 0.806 bits per heavy atom. The average Bonchev–Trinajstić information content (AvgIpc) is 3.11. The molecule has 2 amide bonds. The quantitative estimate of drug-likeness (QED) is 0.440. The number of rotatable bonds is 6. The van der Waals surface area contributed by atoms with Crippen LogP contribution in [0.15, 0.2) is 59.5 Å². The molecular formula is C29H32N2O4S. The predicted octanol–water partition coefficient (Wildman–Crippen LogP) is 5.06. The largest absolute Gasteiger partial charge is 0.274 e. The molecule has 1 saturated heterocycles. The lowest BCUT2D eigenvalue weighted by molar-refractivity contribution is -0.122. The fourth-order valence-electron chi connectivity index (χ4n) is 4.73. The molecule has 1 atom stereocenters. The third kappa shape index (κ3) is 4.61. The lowest BCUT2D eigenvalue weighted by Gasteiger charge is -2.29. The Hall–Kier alpha value is -3.29. The fourth-order valence-corrected chi connectivity index (χ4v) is 6.88. The Kier molecular flexibility index (Phi) is 6.90. The number of aryl methyl sites for hydroxylation is 4. The van der Waals surface area contributed by atoms with Crippen LogP contribution in [0, 0.1) is 41.5 Å². The van der Waals surface area contributed by atoms with Crippen molar-refractivity contribution in [1.82, 2.24) is 4.31 Å². The third-order valence-corrected chi connectivity index (χ3v) is 9.21. The van der Waals surface area contributed by atoms with E-state index in [1.165, 1.54) is 4.31 Å². The van der Waals surface area contributed by atoms with E-state index in [1.54, 1.807) is 26.0 Å². The molecule has 36 heavy (non-hydrogen) atoms. The summed E-state index contributed by atoms with van der Waals surface area (Å²) in [6, 6.07) is 15.5. The van der Waals surface area contributed by atoms with E-state index in [2.05, 4.69) is 0 Å². The van der Waals surface area contributed by atoms with Gasteiger partial charge in [-0.2, -0.15) is 4.31 Å². The van der Waals surface area contributed by atoms with Crippen LogP contribution in [0.3, 0.4) is 0 Å². The zero-order valence-electron chi connectivity index (χ0n) is 21.6. The molecular weight excluding hydrogens is 472 g/mol. The van der Waals surface area contributed by atoms with Crippen LogP contribution in [0.4, 0.5) is 5.69 Å². The summed E-state index contributed by atoms with van der Waals surface area (Å²) in [7, 11) is -4.13. The Balaban J connectivity index is 1.84. The first-order valence-corrected chi connectivity index (χ1v) is 13.4. The van der Waals surface area contributed by atoms with E-state index in [4.69, 9.17) is 0 Å². The first-order valence-electron chi connectivity index (χ1n) is 12.0. The monoisotopic (exact) mass is 504 g/mol. The van der Waals surface area contributed by atoms with Crippen LogP contribution in [0.25, 0.3) is 0 Å². The highest BCUT2D eigenvalue weighted by Crippen LogP contribution is 2.34. The zero-order chi connectivity index (χ0) is 26.4. The molecule has 3 aromatic carbocycles. The highest BCUT2D eigenvalue weighted by Gasteiger charge is 2.47. The minimum absolute atomic E-state index is 0.0140. The van der Waals surface area contributed by atoms with Crippen molar-refractivity contribution in [1.29, 1.82) is 0 Å². The second-order valence-corrected chi connectivity index (χ2v) is 11.6. The standard InChI is InChI=1S/C29H32N2O4S/c1-18-7-11-24(12-8-18)17-30(36(34,35)28-22(5)20(3)15-21(4)23(28)6)26-16-27(32)31(29(26)33)25-13-9-19(2)10-14-25/h7-15,26H,16-17H2,1-6H3. The molecule has 0 aromatic heterocycles. The SMILES string of the molecule is Cc1ccc(CN(C2CC(=O)N(c3ccc(C)cc3)C2=O)S(=O)(=O)c2c(C)c(C)cc(C)c2C)cc1. The number of carbonyl (C=O) groups is 2. The molecule has 6 nitrogen and oxygen atoms in total. The minimum atomic E-state index is -4.13. The lowest BCUT2D eigenvalue weighted by Crippen LogP contribution is -2.45. The summed E-state index contributed by atoms with van der Waals surface area (Å²) in [5.74, 6) is -0.939. The van der Waals surface area contributed by atoms with Crippen molar-refractivity contribution in [2.45, 2.75) is 65.4 Å². The van der Waals surface area contributed by atoms with Crippen LogP contribution in [0.2, 0.25) is 0 Å². The van der Waals surface area contributed by atoms with Gasteiger partial charge in [0.15, 0.2) is 0 Å². The Morgan fingerprint density at radius 3 is 1.83 bits per heavy atom. The molecule has 0 radical (unpaired) electrons. The number of amides is 2. The smallest absolute Gasteiger partial charge is 0.252 e. The van der Waals surface area contributed by atoms with Gasteiger partial charge in [0.25, 0.3) is 5.91 Å². The van der Waals surface area contributed by atoms with Gasteiger partial charge in [-0.15, -0.1) is 0 Å². The summed E-state index contributed by atoms with van der Waals surface area (Å²) in [4.78, 5) is 28.1. The molecule has 1 fully saturated rings. The van der Waals surface area contributed by atoms with Crippen molar-refractivity contribution >= 4 is 27.5 Å². The maximum atomic E-state index is 14.3. The number of nitrogens with zero attached hydrogens (tertiary/aromatic N) is 2.